The number of hydrogen-bond acceptors (Lipinski definition) is 7. The molecule has 4 rings (SSSR count). The number of hydrogen-bond donors (Lipinski definition) is 1. The Hall–Kier alpha value is -4.24. The molecule has 2 heterocycles. The van der Waals surface area contributed by atoms with E-state index in [0.717, 1.165) is 22.7 Å². The molecular formula is C29H31N3O5Si. The summed E-state index contributed by atoms with van der Waals surface area (Å²) in [6.07, 6.45) is 0.977. The monoisotopic (exact) mass is 529 g/mol. The molecule has 0 unspecified atom stereocenters. The zero-order chi connectivity index (χ0) is 27.1. The summed E-state index contributed by atoms with van der Waals surface area (Å²) < 4.78 is 16.6. The second kappa shape index (κ2) is 11.9. The number of ether oxygens (including phenoxy) is 3. The molecule has 0 spiro atoms. The Kier molecular flexibility index (Phi) is 8.37. The van der Waals surface area contributed by atoms with E-state index in [1.807, 2.05) is 66.7 Å². The Balaban J connectivity index is 1.83. The summed E-state index contributed by atoms with van der Waals surface area (Å²) in [5.74, 6) is -0.402. The number of anilines is 1. The van der Waals surface area contributed by atoms with Crippen LogP contribution in [0.2, 0.25) is 25.7 Å². The van der Waals surface area contributed by atoms with Gasteiger partial charge in [0.1, 0.15) is 17.9 Å². The SMILES string of the molecule is COC(=O)c1nc(NC(=O)OCC[Si](C)(C)C)c2c(-c3ccccc3)ccnc2c1OCc1ccccc1. The van der Waals surface area contributed by atoms with E-state index in [9.17, 15) is 9.59 Å². The van der Waals surface area contributed by atoms with Crippen LogP contribution in [0.15, 0.2) is 72.9 Å². The fraction of sp³-hybridized carbons (Fsp3) is 0.241. The predicted molar refractivity (Wildman–Crippen MR) is 150 cm³/mol. The van der Waals surface area contributed by atoms with Gasteiger partial charge >= 0.3 is 12.1 Å². The summed E-state index contributed by atoms with van der Waals surface area (Å²) in [7, 11) is -0.130. The molecule has 0 saturated heterocycles. The standard InChI is InChI=1S/C29H31N3O5Si/c1-35-28(33)25-26(37-19-20-11-7-5-8-12-20)24-23(22(15-16-30-24)21-13-9-6-10-14-21)27(31-25)32-29(34)36-17-18-38(2,3)4/h5-16H,17-19H2,1-4H3,(H,31,32,34). The number of fused-ring (bicyclic) bond motifs is 1. The van der Waals surface area contributed by atoms with Crippen molar-refractivity contribution in [1.29, 1.82) is 0 Å². The topological polar surface area (TPSA) is 99.6 Å². The van der Waals surface area contributed by atoms with Crippen molar-refractivity contribution in [2.45, 2.75) is 32.3 Å². The molecule has 9 heteroatoms. The van der Waals surface area contributed by atoms with Gasteiger partial charge in [0.25, 0.3) is 0 Å². The van der Waals surface area contributed by atoms with E-state index in [1.165, 1.54) is 7.11 Å². The minimum atomic E-state index is -1.39. The Bertz CT molecular complexity index is 1420. The molecular weight excluding hydrogens is 498 g/mol. The van der Waals surface area contributed by atoms with Crippen LogP contribution in [0.4, 0.5) is 10.6 Å². The fourth-order valence-corrected chi connectivity index (χ4v) is 4.55. The number of nitrogens with one attached hydrogen (secondary N) is 1. The van der Waals surface area contributed by atoms with Crippen molar-refractivity contribution in [2.24, 2.45) is 0 Å². The van der Waals surface area contributed by atoms with Gasteiger partial charge in [-0.05, 0) is 28.8 Å². The van der Waals surface area contributed by atoms with Crippen molar-refractivity contribution in [2.75, 3.05) is 19.0 Å². The van der Waals surface area contributed by atoms with Crippen LogP contribution in [-0.2, 0) is 16.1 Å². The molecule has 1 N–H and O–H groups in total. The quantitative estimate of drug-likeness (QED) is 0.194. The van der Waals surface area contributed by atoms with Crippen molar-refractivity contribution in [3.8, 4) is 16.9 Å². The number of amides is 1. The number of methoxy groups -OCH3 is 1. The van der Waals surface area contributed by atoms with Crippen LogP contribution >= 0.6 is 0 Å². The molecule has 0 radical (unpaired) electrons. The second-order valence-corrected chi connectivity index (χ2v) is 15.5. The van der Waals surface area contributed by atoms with Gasteiger partial charge in [-0.1, -0.05) is 80.3 Å². The number of rotatable bonds is 9. The smallest absolute Gasteiger partial charge is 0.412 e. The number of carbonyl (C=O) groups is 2. The average molecular weight is 530 g/mol. The highest BCUT2D eigenvalue weighted by Crippen LogP contribution is 2.38. The lowest BCUT2D eigenvalue weighted by molar-refractivity contribution is 0.0588. The first-order chi connectivity index (χ1) is 18.3. The maximum absolute atomic E-state index is 12.8. The van der Waals surface area contributed by atoms with Crippen LogP contribution in [-0.4, -0.2) is 43.8 Å². The molecule has 1 amide bonds. The highest BCUT2D eigenvalue weighted by atomic mass is 28.3. The molecule has 196 valence electrons. The molecule has 0 fully saturated rings. The third kappa shape index (κ3) is 6.54. The molecule has 0 atom stereocenters. The molecule has 0 bridgehead atoms. The van der Waals surface area contributed by atoms with Gasteiger partial charge < -0.3 is 14.2 Å². The van der Waals surface area contributed by atoms with Crippen LogP contribution in [0.1, 0.15) is 16.1 Å². The van der Waals surface area contributed by atoms with Crippen molar-refractivity contribution >= 4 is 36.9 Å². The van der Waals surface area contributed by atoms with Crippen molar-refractivity contribution in [3.05, 3.63) is 84.2 Å². The number of benzene rings is 2. The summed E-state index contributed by atoms with van der Waals surface area (Å²) in [5, 5.41) is 3.27. The minimum absolute atomic E-state index is 0.0916. The van der Waals surface area contributed by atoms with Crippen LogP contribution in [0.3, 0.4) is 0 Å². The molecule has 38 heavy (non-hydrogen) atoms. The zero-order valence-electron chi connectivity index (χ0n) is 22.0. The summed E-state index contributed by atoms with van der Waals surface area (Å²) in [6.45, 7) is 7.10. The van der Waals surface area contributed by atoms with Gasteiger partial charge in [-0.25, -0.2) is 14.6 Å². The van der Waals surface area contributed by atoms with Crippen LogP contribution < -0.4 is 10.1 Å². The van der Waals surface area contributed by atoms with Gasteiger partial charge in [0.05, 0.1) is 19.1 Å². The van der Waals surface area contributed by atoms with Crippen LogP contribution in [0, 0.1) is 0 Å². The van der Waals surface area contributed by atoms with Gasteiger partial charge in [-0.2, -0.15) is 0 Å². The highest BCUT2D eigenvalue weighted by Gasteiger charge is 2.26. The van der Waals surface area contributed by atoms with Gasteiger partial charge in [0.15, 0.2) is 11.4 Å². The number of pyridine rings is 2. The minimum Gasteiger partial charge on any atom is -0.484 e. The Morgan fingerprint density at radius 2 is 1.63 bits per heavy atom. The van der Waals surface area contributed by atoms with Crippen molar-refractivity contribution < 1.29 is 23.8 Å². The molecule has 2 aromatic heterocycles. The van der Waals surface area contributed by atoms with E-state index < -0.39 is 20.1 Å². The average Bonchev–Trinajstić information content (AvgIpc) is 2.91. The van der Waals surface area contributed by atoms with Gasteiger partial charge in [-0.3, -0.25) is 10.3 Å². The summed E-state index contributed by atoms with van der Waals surface area (Å²) in [6, 6.07) is 21.9. The maximum atomic E-state index is 12.8. The number of nitrogens with zero attached hydrogens (tertiary/aromatic N) is 2. The Morgan fingerprint density at radius 1 is 0.947 bits per heavy atom. The van der Waals surface area contributed by atoms with Crippen molar-refractivity contribution in [1.82, 2.24) is 9.97 Å². The van der Waals surface area contributed by atoms with E-state index in [0.29, 0.717) is 17.5 Å². The first-order valence-corrected chi connectivity index (χ1v) is 16.0. The Morgan fingerprint density at radius 3 is 2.29 bits per heavy atom. The molecule has 0 saturated carbocycles. The number of esters is 1. The third-order valence-electron chi connectivity index (χ3n) is 5.84. The third-order valence-corrected chi connectivity index (χ3v) is 7.54. The molecule has 2 aromatic carbocycles. The fourth-order valence-electron chi connectivity index (χ4n) is 3.84. The number of carbonyl (C=O) groups excluding carboxylic acids is 2. The van der Waals surface area contributed by atoms with Gasteiger partial charge in [0.2, 0.25) is 0 Å². The molecule has 0 aliphatic heterocycles. The predicted octanol–water partition coefficient (Wildman–Crippen LogP) is 6.55. The summed E-state index contributed by atoms with van der Waals surface area (Å²) in [4.78, 5) is 34.7. The zero-order valence-corrected chi connectivity index (χ0v) is 23.0. The van der Waals surface area contributed by atoms with E-state index in [2.05, 4.69) is 34.9 Å². The summed E-state index contributed by atoms with van der Waals surface area (Å²) >= 11 is 0. The van der Waals surface area contributed by atoms with E-state index in [4.69, 9.17) is 14.2 Å². The summed E-state index contributed by atoms with van der Waals surface area (Å²) in [5.41, 5.74) is 2.84. The largest absolute Gasteiger partial charge is 0.484 e. The normalized spacial score (nSPS) is 11.2. The maximum Gasteiger partial charge on any atom is 0.412 e. The molecule has 0 aliphatic carbocycles. The second-order valence-electron chi connectivity index (χ2n) is 9.92. The van der Waals surface area contributed by atoms with E-state index in [-0.39, 0.29) is 23.9 Å². The lowest BCUT2D eigenvalue weighted by Crippen LogP contribution is -2.24. The van der Waals surface area contributed by atoms with Gasteiger partial charge in [0, 0.05) is 14.3 Å². The number of aromatic nitrogens is 2. The van der Waals surface area contributed by atoms with E-state index in [1.54, 1.807) is 6.20 Å². The highest BCUT2D eigenvalue weighted by molar-refractivity contribution is 6.76. The lowest BCUT2D eigenvalue weighted by atomic mass is 10.0. The first-order valence-electron chi connectivity index (χ1n) is 12.3. The van der Waals surface area contributed by atoms with Gasteiger partial charge in [-0.15, -0.1) is 0 Å². The van der Waals surface area contributed by atoms with Crippen LogP contribution in [0.5, 0.6) is 5.75 Å². The lowest BCUT2D eigenvalue weighted by Gasteiger charge is -2.18. The van der Waals surface area contributed by atoms with E-state index >= 15 is 0 Å². The molecule has 4 aromatic rings. The van der Waals surface area contributed by atoms with Crippen LogP contribution in [0.25, 0.3) is 22.0 Å². The molecule has 0 aliphatic rings. The molecule has 8 nitrogen and oxygen atoms in total. The first kappa shape index (κ1) is 26.8. The van der Waals surface area contributed by atoms with Crippen molar-refractivity contribution in [3.63, 3.8) is 0 Å². The Labute approximate surface area is 223 Å².